The monoisotopic (exact) mass is 346 g/mol. The lowest BCUT2D eigenvalue weighted by Gasteiger charge is -2.23. The fourth-order valence-corrected chi connectivity index (χ4v) is 2.77. The summed E-state index contributed by atoms with van der Waals surface area (Å²) in [5.74, 6) is 1.74. The molecule has 0 aliphatic heterocycles. The third-order valence-corrected chi connectivity index (χ3v) is 4.12. The average Bonchev–Trinajstić information content (AvgIpc) is 3.19. The minimum Gasteiger partial charge on any atom is -0.468 e. The van der Waals surface area contributed by atoms with Crippen molar-refractivity contribution in [2.24, 2.45) is 4.99 Å². The predicted molar refractivity (Wildman–Crippen MR) is 101 cm³/mol. The first-order valence-electron chi connectivity index (χ1n) is 8.66. The largest absolute Gasteiger partial charge is 0.468 e. The Morgan fingerprint density at radius 2 is 2.16 bits per heavy atom. The molecule has 2 aromatic heterocycles. The molecule has 2 N–H and O–H groups in total. The summed E-state index contributed by atoms with van der Waals surface area (Å²) in [4.78, 5) is 6.42. The van der Waals surface area contributed by atoms with Gasteiger partial charge in [-0.15, -0.1) is 0 Å². The zero-order valence-electron chi connectivity index (χ0n) is 15.9. The van der Waals surface area contributed by atoms with Crippen molar-refractivity contribution in [1.82, 2.24) is 25.3 Å². The molecule has 2 rings (SSSR count). The minimum absolute atomic E-state index is 0.156. The second kappa shape index (κ2) is 9.27. The predicted octanol–water partition coefficient (Wildman–Crippen LogP) is 1.95. The summed E-state index contributed by atoms with van der Waals surface area (Å²) in [6.45, 7) is 6.57. The SMILES string of the molecule is CN=C(NCCCn1nc(C)cc1C)NCC(c1ccco1)N(C)C. The Labute approximate surface area is 150 Å². The van der Waals surface area contributed by atoms with Crippen LogP contribution < -0.4 is 10.6 Å². The van der Waals surface area contributed by atoms with Crippen molar-refractivity contribution < 1.29 is 4.42 Å². The summed E-state index contributed by atoms with van der Waals surface area (Å²) in [6, 6.07) is 6.17. The highest BCUT2D eigenvalue weighted by Crippen LogP contribution is 2.17. The van der Waals surface area contributed by atoms with Crippen molar-refractivity contribution >= 4 is 5.96 Å². The maximum Gasteiger partial charge on any atom is 0.191 e. The van der Waals surface area contributed by atoms with E-state index in [9.17, 15) is 0 Å². The van der Waals surface area contributed by atoms with Gasteiger partial charge in [0.25, 0.3) is 0 Å². The van der Waals surface area contributed by atoms with Gasteiger partial charge in [0, 0.05) is 32.4 Å². The maximum absolute atomic E-state index is 5.53. The van der Waals surface area contributed by atoms with Crippen molar-refractivity contribution in [1.29, 1.82) is 0 Å². The lowest BCUT2D eigenvalue weighted by atomic mass is 10.2. The van der Waals surface area contributed by atoms with Gasteiger partial charge in [0.05, 0.1) is 18.0 Å². The van der Waals surface area contributed by atoms with Crippen LogP contribution in [0.4, 0.5) is 0 Å². The number of aromatic nitrogens is 2. The number of likely N-dealkylation sites (N-methyl/N-ethyl adjacent to an activating group) is 1. The van der Waals surface area contributed by atoms with Gasteiger partial charge in [-0.2, -0.15) is 5.10 Å². The highest BCUT2D eigenvalue weighted by Gasteiger charge is 2.17. The third kappa shape index (κ3) is 5.63. The van der Waals surface area contributed by atoms with Crippen LogP contribution in [-0.4, -0.2) is 54.9 Å². The lowest BCUT2D eigenvalue weighted by Crippen LogP contribution is -2.42. The van der Waals surface area contributed by atoms with E-state index in [4.69, 9.17) is 4.42 Å². The molecule has 1 unspecified atom stereocenters. The molecule has 0 aromatic carbocycles. The Morgan fingerprint density at radius 1 is 1.36 bits per heavy atom. The number of hydrogen-bond acceptors (Lipinski definition) is 4. The van der Waals surface area contributed by atoms with Gasteiger partial charge >= 0.3 is 0 Å². The zero-order valence-corrected chi connectivity index (χ0v) is 15.9. The van der Waals surface area contributed by atoms with Crippen LogP contribution in [0.15, 0.2) is 33.9 Å². The molecular weight excluding hydrogens is 316 g/mol. The molecule has 7 heteroatoms. The molecule has 138 valence electrons. The van der Waals surface area contributed by atoms with E-state index in [1.54, 1.807) is 13.3 Å². The summed E-state index contributed by atoms with van der Waals surface area (Å²) in [5.41, 5.74) is 2.27. The van der Waals surface area contributed by atoms with E-state index in [-0.39, 0.29) is 6.04 Å². The van der Waals surface area contributed by atoms with Gasteiger partial charge in [-0.05, 0) is 52.6 Å². The van der Waals surface area contributed by atoms with Gasteiger partial charge in [0.15, 0.2) is 5.96 Å². The molecule has 7 nitrogen and oxygen atoms in total. The Balaban J connectivity index is 1.75. The summed E-state index contributed by atoms with van der Waals surface area (Å²) >= 11 is 0. The topological polar surface area (TPSA) is 70.6 Å². The highest BCUT2D eigenvalue weighted by atomic mass is 16.3. The van der Waals surface area contributed by atoms with E-state index >= 15 is 0 Å². The minimum atomic E-state index is 0.156. The number of aryl methyl sites for hydroxylation is 3. The van der Waals surface area contributed by atoms with Crippen molar-refractivity contribution in [2.45, 2.75) is 32.9 Å². The van der Waals surface area contributed by atoms with Crippen LogP contribution in [0, 0.1) is 13.8 Å². The number of hydrogen-bond donors (Lipinski definition) is 2. The van der Waals surface area contributed by atoms with Gasteiger partial charge in [0.1, 0.15) is 5.76 Å². The quantitative estimate of drug-likeness (QED) is 0.434. The second-order valence-electron chi connectivity index (χ2n) is 6.38. The molecule has 0 saturated carbocycles. The summed E-state index contributed by atoms with van der Waals surface area (Å²) in [5, 5.41) is 11.2. The lowest BCUT2D eigenvalue weighted by molar-refractivity contribution is 0.258. The van der Waals surface area contributed by atoms with Gasteiger partial charge in [0.2, 0.25) is 0 Å². The molecule has 25 heavy (non-hydrogen) atoms. The fraction of sp³-hybridized carbons (Fsp3) is 0.556. The van der Waals surface area contributed by atoms with Crippen molar-refractivity contribution in [3.8, 4) is 0 Å². The summed E-state index contributed by atoms with van der Waals surface area (Å²) < 4.78 is 7.58. The van der Waals surface area contributed by atoms with Gasteiger partial charge in [-0.1, -0.05) is 0 Å². The van der Waals surface area contributed by atoms with Crippen LogP contribution in [0.5, 0.6) is 0 Å². The molecule has 1 atom stereocenters. The summed E-state index contributed by atoms with van der Waals surface area (Å²) in [7, 11) is 5.87. The van der Waals surface area contributed by atoms with E-state index in [1.165, 1.54) is 5.69 Å². The van der Waals surface area contributed by atoms with E-state index in [0.717, 1.165) is 43.5 Å². The molecule has 0 bridgehead atoms. The molecule has 2 aromatic rings. The van der Waals surface area contributed by atoms with E-state index in [2.05, 4.69) is 38.6 Å². The number of nitrogens with zero attached hydrogens (tertiary/aromatic N) is 4. The highest BCUT2D eigenvalue weighted by molar-refractivity contribution is 5.79. The third-order valence-electron chi connectivity index (χ3n) is 4.12. The molecule has 0 fully saturated rings. The first kappa shape index (κ1) is 19.1. The maximum atomic E-state index is 5.53. The Hall–Kier alpha value is -2.28. The first-order valence-corrected chi connectivity index (χ1v) is 8.66. The van der Waals surface area contributed by atoms with Crippen LogP contribution in [0.1, 0.15) is 29.6 Å². The molecular formula is C18H30N6O. The smallest absolute Gasteiger partial charge is 0.191 e. The Kier molecular flexibility index (Phi) is 7.06. The molecule has 0 radical (unpaired) electrons. The van der Waals surface area contributed by atoms with Gasteiger partial charge < -0.3 is 15.1 Å². The van der Waals surface area contributed by atoms with Crippen molar-refractivity contribution in [3.63, 3.8) is 0 Å². The Morgan fingerprint density at radius 3 is 2.72 bits per heavy atom. The fourth-order valence-electron chi connectivity index (χ4n) is 2.77. The molecule has 0 aliphatic rings. The first-order chi connectivity index (χ1) is 12.0. The molecule has 0 aliphatic carbocycles. The zero-order chi connectivity index (χ0) is 18.2. The molecule has 2 heterocycles. The molecule has 0 amide bonds. The van der Waals surface area contributed by atoms with Crippen LogP contribution in [0.3, 0.4) is 0 Å². The van der Waals surface area contributed by atoms with Gasteiger partial charge in [-0.25, -0.2) is 0 Å². The van der Waals surface area contributed by atoms with Crippen LogP contribution in [0.2, 0.25) is 0 Å². The molecule has 0 saturated heterocycles. The number of guanidine groups is 1. The van der Waals surface area contributed by atoms with Crippen molar-refractivity contribution in [2.75, 3.05) is 34.2 Å². The van der Waals surface area contributed by atoms with Crippen molar-refractivity contribution in [3.05, 3.63) is 41.6 Å². The number of aliphatic imine (C=N–C) groups is 1. The number of rotatable bonds is 8. The van der Waals surface area contributed by atoms with E-state index in [1.807, 2.05) is 37.8 Å². The van der Waals surface area contributed by atoms with Crippen LogP contribution >= 0.6 is 0 Å². The van der Waals surface area contributed by atoms with E-state index < -0.39 is 0 Å². The van der Waals surface area contributed by atoms with Gasteiger partial charge in [-0.3, -0.25) is 14.6 Å². The number of furan rings is 1. The van der Waals surface area contributed by atoms with Crippen LogP contribution in [-0.2, 0) is 6.54 Å². The molecule has 0 spiro atoms. The number of nitrogens with one attached hydrogen (secondary N) is 2. The normalized spacial score (nSPS) is 13.3. The van der Waals surface area contributed by atoms with E-state index in [0.29, 0.717) is 0 Å². The Bertz CT molecular complexity index is 659. The summed E-state index contributed by atoms with van der Waals surface area (Å²) in [6.07, 6.45) is 2.69. The van der Waals surface area contributed by atoms with Crippen LogP contribution in [0.25, 0.3) is 0 Å². The average molecular weight is 346 g/mol. The standard InChI is InChI=1S/C18H30N6O/c1-14-12-15(2)24(22-14)10-7-9-20-18(19-3)21-13-16(23(4)5)17-8-6-11-25-17/h6,8,11-12,16H,7,9-10,13H2,1-5H3,(H2,19,20,21). The second-order valence-corrected chi connectivity index (χ2v) is 6.38.